The molecule has 1 aromatic heterocycles. The number of aryl methyl sites for hydroxylation is 1. The van der Waals surface area contributed by atoms with Gasteiger partial charge in [-0.1, -0.05) is 24.3 Å². The number of carbonyl (C=O) groups excluding carboxylic acids is 1. The van der Waals surface area contributed by atoms with Crippen LogP contribution in [0.4, 0.5) is 5.69 Å². The van der Waals surface area contributed by atoms with Gasteiger partial charge in [0, 0.05) is 5.69 Å². The number of benzene rings is 2. The van der Waals surface area contributed by atoms with Crippen molar-refractivity contribution in [2.75, 3.05) is 5.32 Å². The first-order chi connectivity index (χ1) is 9.72. The van der Waals surface area contributed by atoms with E-state index >= 15 is 0 Å². The molecule has 0 saturated heterocycles. The Labute approximate surface area is 116 Å². The number of amides is 1. The lowest BCUT2D eigenvalue weighted by molar-refractivity contribution is 0.102. The van der Waals surface area contributed by atoms with Crippen LogP contribution in [0.1, 0.15) is 16.1 Å². The molecular weight excluding hydrogens is 250 g/mol. The van der Waals surface area contributed by atoms with E-state index in [1.165, 1.54) is 6.20 Å². The highest BCUT2D eigenvalue weighted by Crippen LogP contribution is 2.12. The van der Waals surface area contributed by atoms with Crippen molar-refractivity contribution < 1.29 is 4.79 Å². The van der Waals surface area contributed by atoms with Gasteiger partial charge >= 0.3 is 0 Å². The first-order valence-electron chi connectivity index (χ1n) is 6.32. The molecule has 0 saturated carbocycles. The molecule has 1 N–H and O–H groups in total. The first kappa shape index (κ1) is 12.3. The van der Waals surface area contributed by atoms with Crippen molar-refractivity contribution >= 4 is 22.6 Å². The van der Waals surface area contributed by atoms with Crippen LogP contribution in [-0.4, -0.2) is 15.9 Å². The Morgan fingerprint density at radius 3 is 2.65 bits per heavy atom. The maximum atomic E-state index is 12.2. The molecule has 4 nitrogen and oxygen atoms in total. The van der Waals surface area contributed by atoms with Crippen LogP contribution in [0, 0.1) is 6.92 Å². The van der Waals surface area contributed by atoms with Crippen molar-refractivity contribution in [3.8, 4) is 0 Å². The van der Waals surface area contributed by atoms with Gasteiger partial charge in [0.1, 0.15) is 5.69 Å². The maximum absolute atomic E-state index is 12.2. The summed E-state index contributed by atoms with van der Waals surface area (Å²) in [4.78, 5) is 20.7. The van der Waals surface area contributed by atoms with Crippen molar-refractivity contribution in [1.29, 1.82) is 0 Å². The van der Waals surface area contributed by atoms with Gasteiger partial charge in [-0.15, -0.1) is 0 Å². The second-order valence-corrected chi connectivity index (χ2v) is 4.57. The predicted octanol–water partition coefficient (Wildman–Crippen LogP) is 3.19. The summed E-state index contributed by atoms with van der Waals surface area (Å²) in [5, 5.41) is 2.82. The third kappa shape index (κ3) is 2.49. The van der Waals surface area contributed by atoms with Gasteiger partial charge in [0.05, 0.1) is 17.2 Å². The molecule has 3 aromatic rings. The van der Waals surface area contributed by atoms with Crippen molar-refractivity contribution in [3.05, 3.63) is 66.0 Å². The summed E-state index contributed by atoms with van der Waals surface area (Å²) in [6.07, 6.45) is 1.49. The topological polar surface area (TPSA) is 54.9 Å². The lowest BCUT2D eigenvalue weighted by Crippen LogP contribution is -2.14. The van der Waals surface area contributed by atoms with Gasteiger partial charge in [-0.2, -0.15) is 0 Å². The van der Waals surface area contributed by atoms with E-state index in [1.54, 1.807) is 0 Å². The van der Waals surface area contributed by atoms with Crippen LogP contribution in [0.2, 0.25) is 0 Å². The molecule has 1 heterocycles. The van der Waals surface area contributed by atoms with Gasteiger partial charge in [-0.25, -0.2) is 4.98 Å². The number of fused-ring (bicyclic) bond motifs is 1. The monoisotopic (exact) mass is 263 g/mol. The number of nitrogens with one attached hydrogen (secondary N) is 1. The molecule has 0 aliphatic heterocycles. The van der Waals surface area contributed by atoms with Gasteiger partial charge in [0.2, 0.25) is 0 Å². The average molecular weight is 263 g/mol. The molecule has 1 amide bonds. The molecule has 3 rings (SSSR count). The summed E-state index contributed by atoms with van der Waals surface area (Å²) in [7, 11) is 0. The summed E-state index contributed by atoms with van der Waals surface area (Å²) >= 11 is 0. The zero-order chi connectivity index (χ0) is 13.9. The molecule has 0 aliphatic carbocycles. The van der Waals surface area contributed by atoms with Crippen LogP contribution in [-0.2, 0) is 0 Å². The normalized spacial score (nSPS) is 10.4. The molecular formula is C16H13N3O. The van der Waals surface area contributed by atoms with E-state index in [2.05, 4.69) is 15.3 Å². The number of hydrogen-bond donors (Lipinski definition) is 1. The Kier molecular flexibility index (Phi) is 3.13. The van der Waals surface area contributed by atoms with Crippen molar-refractivity contribution in [2.45, 2.75) is 6.92 Å². The van der Waals surface area contributed by atoms with Gasteiger partial charge < -0.3 is 5.32 Å². The predicted molar refractivity (Wildman–Crippen MR) is 78.7 cm³/mol. The minimum absolute atomic E-state index is 0.256. The fourth-order valence-electron chi connectivity index (χ4n) is 1.98. The summed E-state index contributed by atoms with van der Waals surface area (Å²) in [5.74, 6) is -0.256. The van der Waals surface area contributed by atoms with Crippen LogP contribution in [0.15, 0.2) is 54.7 Å². The largest absolute Gasteiger partial charge is 0.321 e. The van der Waals surface area contributed by atoms with Crippen LogP contribution < -0.4 is 5.32 Å². The molecule has 0 atom stereocenters. The third-order valence-corrected chi connectivity index (χ3v) is 2.96. The van der Waals surface area contributed by atoms with Gasteiger partial charge in [0.25, 0.3) is 5.91 Å². The van der Waals surface area contributed by atoms with Crippen molar-refractivity contribution in [3.63, 3.8) is 0 Å². The highest BCUT2D eigenvalue weighted by molar-refractivity contribution is 6.03. The fourth-order valence-corrected chi connectivity index (χ4v) is 1.98. The summed E-state index contributed by atoms with van der Waals surface area (Å²) < 4.78 is 0. The van der Waals surface area contributed by atoms with Crippen LogP contribution in [0.5, 0.6) is 0 Å². The molecule has 98 valence electrons. The number of anilines is 1. The number of rotatable bonds is 2. The smallest absolute Gasteiger partial charge is 0.275 e. The molecule has 0 spiro atoms. The molecule has 0 unspecified atom stereocenters. The highest BCUT2D eigenvalue weighted by atomic mass is 16.1. The summed E-state index contributed by atoms with van der Waals surface area (Å²) in [5.41, 5.74) is 3.64. The lowest BCUT2D eigenvalue weighted by atomic mass is 10.2. The number of carbonyl (C=O) groups is 1. The second kappa shape index (κ2) is 5.09. The van der Waals surface area contributed by atoms with Crippen molar-refractivity contribution in [1.82, 2.24) is 9.97 Å². The van der Waals surface area contributed by atoms with Crippen LogP contribution >= 0.6 is 0 Å². The quantitative estimate of drug-likeness (QED) is 0.772. The van der Waals surface area contributed by atoms with E-state index in [0.717, 1.165) is 16.8 Å². The van der Waals surface area contributed by atoms with E-state index in [4.69, 9.17) is 0 Å². The third-order valence-electron chi connectivity index (χ3n) is 2.96. The Morgan fingerprint density at radius 1 is 1.05 bits per heavy atom. The molecule has 0 radical (unpaired) electrons. The minimum Gasteiger partial charge on any atom is -0.321 e. The van der Waals surface area contributed by atoms with E-state index in [-0.39, 0.29) is 5.91 Å². The molecule has 0 aliphatic rings. The fraction of sp³-hybridized carbons (Fsp3) is 0.0625. The molecule has 20 heavy (non-hydrogen) atoms. The minimum atomic E-state index is -0.256. The Hall–Kier alpha value is -2.75. The van der Waals surface area contributed by atoms with Gasteiger partial charge in [-0.05, 0) is 36.8 Å². The van der Waals surface area contributed by atoms with Crippen molar-refractivity contribution in [2.24, 2.45) is 0 Å². The Bertz CT molecular complexity index is 783. The number of hydrogen-bond acceptors (Lipinski definition) is 3. The molecule has 2 aromatic carbocycles. The lowest BCUT2D eigenvalue weighted by Gasteiger charge is -2.06. The molecule has 0 fully saturated rings. The standard InChI is InChI=1S/C16H13N3O/c1-11-5-4-6-12(9-11)18-16(20)15-10-17-13-7-2-3-8-14(13)19-15/h2-10H,1H3,(H,18,20). The summed E-state index contributed by atoms with van der Waals surface area (Å²) in [6, 6.07) is 15.1. The van der Waals surface area contributed by atoms with Crippen LogP contribution in [0.3, 0.4) is 0 Å². The van der Waals surface area contributed by atoms with Gasteiger partial charge in [0.15, 0.2) is 0 Å². The zero-order valence-corrected chi connectivity index (χ0v) is 11.0. The molecule has 0 bridgehead atoms. The SMILES string of the molecule is Cc1cccc(NC(=O)c2cnc3ccccc3n2)c1. The van der Waals surface area contributed by atoms with Gasteiger partial charge in [-0.3, -0.25) is 9.78 Å². The highest BCUT2D eigenvalue weighted by Gasteiger charge is 2.09. The number of para-hydroxylation sites is 2. The Balaban J connectivity index is 1.88. The summed E-state index contributed by atoms with van der Waals surface area (Å²) in [6.45, 7) is 1.98. The number of aromatic nitrogens is 2. The number of nitrogens with zero attached hydrogens (tertiary/aromatic N) is 2. The Morgan fingerprint density at radius 2 is 1.85 bits per heavy atom. The van der Waals surface area contributed by atoms with E-state index in [1.807, 2.05) is 55.5 Å². The average Bonchev–Trinajstić information content (AvgIpc) is 2.47. The van der Waals surface area contributed by atoms with Crippen LogP contribution in [0.25, 0.3) is 11.0 Å². The van der Waals surface area contributed by atoms with E-state index < -0.39 is 0 Å². The van der Waals surface area contributed by atoms with E-state index in [9.17, 15) is 4.79 Å². The molecule has 4 heteroatoms. The zero-order valence-electron chi connectivity index (χ0n) is 11.0. The van der Waals surface area contributed by atoms with E-state index in [0.29, 0.717) is 11.2 Å². The second-order valence-electron chi connectivity index (χ2n) is 4.57. The maximum Gasteiger partial charge on any atom is 0.275 e. The first-order valence-corrected chi connectivity index (χ1v) is 6.32.